The highest BCUT2D eigenvalue weighted by Crippen LogP contribution is 2.33. The van der Waals surface area contributed by atoms with Gasteiger partial charge in [0.05, 0.1) is 5.69 Å². The lowest BCUT2D eigenvalue weighted by Gasteiger charge is -2.16. The molecule has 0 unspecified atom stereocenters. The molecule has 0 aliphatic carbocycles. The third-order valence-electron chi connectivity index (χ3n) is 2.86. The van der Waals surface area contributed by atoms with E-state index in [1.807, 2.05) is 26.0 Å². The highest BCUT2D eigenvalue weighted by Gasteiger charge is 2.18. The van der Waals surface area contributed by atoms with Crippen LogP contribution in [0.4, 0.5) is 0 Å². The molecular formula is C14H13BrClNO2. The maximum atomic E-state index is 11.3. The number of benzene rings is 1. The van der Waals surface area contributed by atoms with E-state index in [2.05, 4.69) is 15.9 Å². The molecule has 1 aromatic heterocycles. The molecule has 2 aromatic rings. The molecule has 1 N–H and O–H groups in total. The van der Waals surface area contributed by atoms with Gasteiger partial charge in [-0.1, -0.05) is 27.5 Å². The Hall–Kier alpha value is -1.26. The summed E-state index contributed by atoms with van der Waals surface area (Å²) in [5.74, 6) is -0.939. The maximum Gasteiger partial charge on any atom is 0.352 e. The zero-order valence-electron chi connectivity index (χ0n) is 10.5. The van der Waals surface area contributed by atoms with Gasteiger partial charge in [0.25, 0.3) is 0 Å². The fraction of sp³-hybridized carbons (Fsp3) is 0.214. The smallest absolute Gasteiger partial charge is 0.352 e. The van der Waals surface area contributed by atoms with Crippen LogP contribution in [-0.2, 0) is 0 Å². The van der Waals surface area contributed by atoms with Gasteiger partial charge in [0.15, 0.2) is 0 Å². The molecule has 0 saturated heterocycles. The van der Waals surface area contributed by atoms with Gasteiger partial charge in [-0.15, -0.1) is 0 Å². The standard InChI is InChI=1S/C14H13BrClNO2/c1-8(2)17-12(5-6-13(17)14(18)19)10-7-9(15)3-4-11(10)16/h3-8H,1-2H3,(H,18,19). The van der Waals surface area contributed by atoms with Crippen molar-refractivity contribution in [3.8, 4) is 11.3 Å². The zero-order chi connectivity index (χ0) is 14.2. The van der Waals surface area contributed by atoms with Crippen LogP contribution in [0.3, 0.4) is 0 Å². The van der Waals surface area contributed by atoms with Crippen molar-refractivity contribution in [2.24, 2.45) is 0 Å². The van der Waals surface area contributed by atoms with E-state index in [1.54, 1.807) is 22.8 Å². The summed E-state index contributed by atoms with van der Waals surface area (Å²) in [5, 5.41) is 9.83. The Bertz CT molecular complexity index is 634. The third-order valence-corrected chi connectivity index (χ3v) is 3.68. The number of aromatic nitrogens is 1. The number of carbonyl (C=O) groups is 1. The van der Waals surface area contributed by atoms with Gasteiger partial charge in [-0.2, -0.15) is 0 Å². The van der Waals surface area contributed by atoms with Gasteiger partial charge < -0.3 is 9.67 Å². The Kier molecular flexibility index (Phi) is 4.02. The van der Waals surface area contributed by atoms with E-state index < -0.39 is 5.97 Å². The van der Waals surface area contributed by atoms with Gasteiger partial charge in [-0.05, 0) is 44.2 Å². The summed E-state index contributed by atoms with van der Waals surface area (Å²) >= 11 is 9.62. The second-order valence-electron chi connectivity index (χ2n) is 4.50. The summed E-state index contributed by atoms with van der Waals surface area (Å²) < 4.78 is 2.68. The molecule has 0 bridgehead atoms. The summed E-state index contributed by atoms with van der Waals surface area (Å²) in [4.78, 5) is 11.3. The number of halogens is 2. The van der Waals surface area contributed by atoms with Crippen LogP contribution in [0.1, 0.15) is 30.4 Å². The number of carboxylic acid groups (broad SMARTS) is 1. The quantitative estimate of drug-likeness (QED) is 0.866. The van der Waals surface area contributed by atoms with E-state index in [-0.39, 0.29) is 11.7 Å². The predicted molar refractivity (Wildman–Crippen MR) is 79.9 cm³/mol. The topological polar surface area (TPSA) is 42.2 Å². The molecule has 0 saturated carbocycles. The fourth-order valence-electron chi connectivity index (χ4n) is 2.09. The first-order valence-electron chi connectivity index (χ1n) is 5.81. The number of carboxylic acids is 1. The molecular weight excluding hydrogens is 330 g/mol. The van der Waals surface area contributed by atoms with Gasteiger partial charge in [0.2, 0.25) is 0 Å². The van der Waals surface area contributed by atoms with E-state index in [0.717, 1.165) is 15.7 Å². The summed E-state index contributed by atoms with van der Waals surface area (Å²) in [6, 6.07) is 8.96. The van der Waals surface area contributed by atoms with Crippen molar-refractivity contribution in [2.75, 3.05) is 0 Å². The van der Waals surface area contributed by atoms with Crippen molar-refractivity contribution in [3.05, 3.63) is 45.5 Å². The fourth-order valence-corrected chi connectivity index (χ4v) is 2.67. The van der Waals surface area contributed by atoms with Crippen LogP contribution in [0, 0.1) is 0 Å². The number of rotatable bonds is 3. The molecule has 3 nitrogen and oxygen atoms in total. The van der Waals surface area contributed by atoms with Gasteiger partial charge in [-0.25, -0.2) is 4.79 Å². The first-order valence-corrected chi connectivity index (χ1v) is 6.99. The first kappa shape index (κ1) is 14.2. The van der Waals surface area contributed by atoms with Crippen LogP contribution >= 0.6 is 27.5 Å². The molecule has 0 spiro atoms. The average Bonchev–Trinajstić information content (AvgIpc) is 2.76. The Morgan fingerprint density at radius 2 is 2.00 bits per heavy atom. The minimum atomic E-state index is -0.939. The Morgan fingerprint density at radius 1 is 1.32 bits per heavy atom. The average molecular weight is 343 g/mol. The van der Waals surface area contributed by atoms with Crippen LogP contribution in [0.5, 0.6) is 0 Å². The molecule has 0 amide bonds. The lowest BCUT2D eigenvalue weighted by Crippen LogP contribution is -2.11. The Balaban J connectivity index is 2.69. The number of nitrogens with zero attached hydrogens (tertiary/aromatic N) is 1. The van der Waals surface area contributed by atoms with Crippen LogP contribution in [0.2, 0.25) is 5.02 Å². The number of aromatic carboxylic acids is 1. The summed E-state index contributed by atoms with van der Waals surface area (Å²) in [6.45, 7) is 3.89. The van der Waals surface area contributed by atoms with E-state index in [4.69, 9.17) is 11.6 Å². The summed E-state index contributed by atoms with van der Waals surface area (Å²) in [7, 11) is 0. The van der Waals surface area contributed by atoms with Crippen molar-refractivity contribution >= 4 is 33.5 Å². The van der Waals surface area contributed by atoms with Gasteiger partial charge in [0, 0.05) is 21.1 Å². The molecule has 0 atom stereocenters. The SMILES string of the molecule is CC(C)n1c(C(=O)O)ccc1-c1cc(Br)ccc1Cl. The van der Waals surface area contributed by atoms with Crippen LogP contribution < -0.4 is 0 Å². The van der Waals surface area contributed by atoms with E-state index >= 15 is 0 Å². The minimum Gasteiger partial charge on any atom is -0.477 e. The lowest BCUT2D eigenvalue weighted by atomic mass is 10.1. The Morgan fingerprint density at radius 3 is 2.58 bits per heavy atom. The maximum absolute atomic E-state index is 11.3. The van der Waals surface area contributed by atoms with Crippen molar-refractivity contribution in [3.63, 3.8) is 0 Å². The number of hydrogen-bond acceptors (Lipinski definition) is 1. The molecule has 1 aromatic carbocycles. The molecule has 100 valence electrons. The normalized spacial score (nSPS) is 11.0. The second-order valence-corrected chi connectivity index (χ2v) is 5.82. The lowest BCUT2D eigenvalue weighted by molar-refractivity contribution is 0.0683. The third kappa shape index (κ3) is 2.69. The first-order chi connectivity index (χ1) is 8.91. The molecule has 0 radical (unpaired) electrons. The van der Waals surface area contributed by atoms with E-state index in [9.17, 15) is 9.90 Å². The second kappa shape index (κ2) is 5.39. The monoisotopic (exact) mass is 341 g/mol. The predicted octanol–water partition coefficient (Wildman–Crippen LogP) is 4.85. The van der Waals surface area contributed by atoms with Crippen LogP contribution in [0.15, 0.2) is 34.8 Å². The molecule has 0 aliphatic rings. The highest BCUT2D eigenvalue weighted by molar-refractivity contribution is 9.10. The zero-order valence-corrected chi connectivity index (χ0v) is 12.9. The van der Waals surface area contributed by atoms with Crippen molar-refractivity contribution in [1.29, 1.82) is 0 Å². The minimum absolute atomic E-state index is 0.0335. The van der Waals surface area contributed by atoms with Crippen molar-refractivity contribution in [1.82, 2.24) is 4.57 Å². The van der Waals surface area contributed by atoms with Crippen LogP contribution in [-0.4, -0.2) is 15.6 Å². The Labute approximate surface area is 124 Å². The van der Waals surface area contributed by atoms with Gasteiger partial charge in [-0.3, -0.25) is 0 Å². The van der Waals surface area contributed by atoms with E-state index in [0.29, 0.717) is 5.02 Å². The van der Waals surface area contributed by atoms with Crippen molar-refractivity contribution < 1.29 is 9.90 Å². The van der Waals surface area contributed by atoms with Gasteiger partial charge in [0.1, 0.15) is 5.69 Å². The van der Waals surface area contributed by atoms with E-state index in [1.165, 1.54) is 0 Å². The van der Waals surface area contributed by atoms with Crippen LogP contribution in [0.25, 0.3) is 11.3 Å². The van der Waals surface area contributed by atoms with Gasteiger partial charge >= 0.3 is 5.97 Å². The molecule has 1 heterocycles. The molecule has 2 rings (SSSR count). The summed E-state index contributed by atoms with van der Waals surface area (Å²) in [6.07, 6.45) is 0. The molecule has 0 fully saturated rings. The molecule has 19 heavy (non-hydrogen) atoms. The number of hydrogen-bond donors (Lipinski definition) is 1. The molecule has 0 aliphatic heterocycles. The molecule has 5 heteroatoms. The van der Waals surface area contributed by atoms with Crippen molar-refractivity contribution in [2.45, 2.75) is 19.9 Å². The summed E-state index contributed by atoms with van der Waals surface area (Å²) in [5.41, 5.74) is 1.89. The highest BCUT2D eigenvalue weighted by atomic mass is 79.9. The largest absolute Gasteiger partial charge is 0.477 e.